The predicted octanol–water partition coefficient (Wildman–Crippen LogP) is 3.49. The van der Waals surface area contributed by atoms with Gasteiger partial charge >= 0.3 is 0 Å². The molecule has 3 atom stereocenters. The second kappa shape index (κ2) is 6.38. The van der Waals surface area contributed by atoms with Crippen LogP contribution in [-0.4, -0.2) is 23.8 Å². The molecule has 2 rings (SSSR count). The van der Waals surface area contributed by atoms with Crippen molar-refractivity contribution in [1.82, 2.24) is 5.32 Å². The molecule has 0 aromatic heterocycles. The van der Waals surface area contributed by atoms with Crippen LogP contribution < -0.4 is 5.32 Å². The summed E-state index contributed by atoms with van der Waals surface area (Å²) in [7, 11) is 0. The Hall–Kier alpha value is -0.0800. The molecule has 106 valence electrons. The molecule has 0 heterocycles. The minimum Gasteiger partial charge on any atom is -0.393 e. The Kier molecular flexibility index (Phi) is 5.08. The van der Waals surface area contributed by atoms with Crippen LogP contribution in [0.1, 0.15) is 71.6 Å². The second-order valence-electron chi connectivity index (χ2n) is 7.39. The van der Waals surface area contributed by atoms with E-state index in [2.05, 4.69) is 19.2 Å². The first kappa shape index (κ1) is 14.3. The highest BCUT2D eigenvalue weighted by Crippen LogP contribution is 2.34. The lowest BCUT2D eigenvalue weighted by Gasteiger charge is -2.28. The van der Waals surface area contributed by atoms with Gasteiger partial charge in [-0.1, -0.05) is 26.7 Å². The molecular weight excluding hydrogens is 222 g/mol. The Labute approximate surface area is 113 Å². The largest absolute Gasteiger partial charge is 0.393 e. The molecule has 0 amide bonds. The highest BCUT2D eigenvalue weighted by Gasteiger charge is 2.25. The molecule has 2 heteroatoms. The first-order valence-electron chi connectivity index (χ1n) is 7.97. The Morgan fingerprint density at radius 1 is 1.06 bits per heavy atom. The van der Waals surface area contributed by atoms with Crippen molar-refractivity contribution in [2.45, 2.75) is 83.8 Å². The van der Waals surface area contributed by atoms with E-state index in [9.17, 15) is 5.11 Å². The fraction of sp³-hybridized carbons (Fsp3) is 1.00. The van der Waals surface area contributed by atoms with Crippen LogP contribution in [0.2, 0.25) is 0 Å². The van der Waals surface area contributed by atoms with Crippen molar-refractivity contribution in [3.63, 3.8) is 0 Å². The number of rotatable bonds is 3. The van der Waals surface area contributed by atoms with Crippen molar-refractivity contribution in [1.29, 1.82) is 0 Å². The first-order valence-corrected chi connectivity index (χ1v) is 7.97. The van der Waals surface area contributed by atoms with Crippen LogP contribution in [0.3, 0.4) is 0 Å². The molecule has 0 aromatic carbocycles. The topological polar surface area (TPSA) is 32.3 Å². The van der Waals surface area contributed by atoms with Gasteiger partial charge in [0.1, 0.15) is 0 Å². The summed E-state index contributed by atoms with van der Waals surface area (Å²) in [6, 6.07) is 0.728. The van der Waals surface area contributed by atoms with Gasteiger partial charge in [0, 0.05) is 6.04 Å². The van der Waals surface area contributed by atoms with Crippen LogP contribution in [0, 0.1) is 11.3 Å². The quantitative estimate of drug-likeness (QED) is 0.755. The molecule has 0 radical (unpaired) electrons. The number of aliphatic hydroxyl groups excluding tert-OH is 1. The van der Waals surface area contributed by atoms with Crippen LogP contribution in [0.15, 0.2) is 0 Å². The minimum atomic E-state index is -0.0291. The monoisotopic (exact) mass is 253 g/mol. The van der Waals surface area contributed by atoms with E-state index in [1.165, 1.54) is 44.9 Å². The summed E-state index contributed by atoms with van der Waals surface area (Å²) >= 11 is 0. The van der Waals surface area contributed by atoms with Crippen molar-refractivity contribution < 1.29 is 5.11 Å². The molecule has 2 saturated carbocycles. The van der Waals surface area contributed by atoms with E-state index in [-0.39, 0.29) is 6.10 Å². The molecule has 0 spiro atoms. The summed E-state index contributed by atoms with van der Waals surface area (Å²) in [5.41, 5.74) is 0.553. The van der Waals surface area contributed by atoms with Crippen molar-refractivity contribution in [2.75, 3.05) is 6.54 Å². The molecule has 18 heavy (non-hydrogen) atoms. The van der Waals surface area contributed by atoms with E-state index in [4.69, 9.17) is 0 Å². The summed E-state index contributed by atoms with van der Waals surface area (Å²) in [4.78, 5) is 0. The molecule has 2 nitrogen and oxygen atoms in total. The summed E-state index contributed by atoms with van der Waals surface area (Å²) < 4.78 is 0. The van der Waals surface area contributed by atoms with Crippen LogP contribution in [-0.2, 0) is 0 Å². The zero-order chi connectivity index (χ0) is 13.0. The van der Waals surface area contributed by atoms with Crippen molar-refractivity contribution in [2.24, 2.45) is 11.3 Å². The van der Waals surface area contributed by atoms with Gasteiger partial charge in [-0.05, 0) is 62.8 Å². The Balaban J connectivity index is 1.70. The fourth-order valence-corrected chi connectivity index (χ4v) is 3.65. The molecule has 3 unspecified atom stereocenters. The first-order chi connectivity index (χ1) is 8.55. The van der Waals surface area contributed by atoms with Gasteiger partial charge in [-0.25, -0.2) is 0 Å². The van der Waals surface area contributed by atoms with E-state index in [1.807, 2.05) is 0 Å². The molecule has 2 fully saturated rings. The summed E-state index contributed by atoms with van der Waals surface area (Å²) in [6.45, 7) is 5.95. The van der Waals surface area contributed by atoms with Crippen molar-refractivity contribution in [3.05, 3.63) is 0 Å². The van der Waals surface area contributed by atoms with Crippen LogP contribution in [0.25, 0.3) is 0 Å². The van der Waals surface area contributed by atoms with E-state index in [1.54, 1.807) is 0 Å². The molecule has 0 saturated heterocycles. The van der Waals surface area contributed by atoms with E-state index in [0.29, 0.717) is 11.3 Å². The third kappa shape index (κ3) is 4.55. The Morgan fingerprint density at radius 2 is 1.89 bits per heavy atom. The number of hydrogen-bond acceptors (Lipinski definition) is 2. The maximum atomic E-state index is 9.70. The third-order valence-corrected chi connectivity index (χ3v) is 5.03. The van der Waals surface area contributed by atoms with Gasteiger partial charge in [0.2, 0.25) is 0 Å². The van der Waals surface area contributed by atoms with Crippen molar-refractivity contribution in [3.8, 4) is 0 Å². The van der Waals surface area contributed by atoms with Crippen LogP contribution in [0.4, 0.5) is 0 Å². The lowest BCUT2D eigenvalue weighted by atomic mass is 9.85. The zero-order valence-electron chi connectivity index (χ0n) is 12.3. The molecular formula is C16H31NO. The Bertz CT molecular complexity index is 251. The normalized spacial score (nSPS) is 37.2. The number of aliphatic hydroxyl groups is 1. The molecule has 2 N–H and O–H groups in total. The molecule has 0 aromatic rings. The van der Waals surface area contributed by atoms with E-state index < -0.39 is 0 Å². The highest BCUT2D eigenvalue weighted by atomic mass is 16.3. The number of hydrogen-bond donors (Lipinski definition) is 2. The predicted molar refractivity (Wildman–Crippen MR) is 76.6 cm³/mol. The zero-order valence-corrected chi connectivity index (χ0v) is 12.3. The van der Waals surface area contributed by atoms with E-state index >= 15 is 0 Å². The SMILES string of the molecule is CC1(C)CCCC(NCC2CCCC(O)C2)CC1. The van der Waals surface area contributed by atoms with Gasteiger partial charge in [-0.3, -0.25) is 0 Å². The molecule has 0 bridgehead atoms. The summed E-state index contributed by atoms with van der Waals surface area (Å²) in [5, 5.41) is 13.5. The summed E-state index contributed by atoms with van der Waals surface area (Å²) in [5.74, 6) is 0.713. The van der Waals surface area contributed by atoms with Crippen LogP contribution >= 0.6 is 0 Å². The van der Waals surface area contributed by atoms with Gasteiger partial charge in [0.15, 0.2) is 0 Å². The summed E-state index contributed by atoms with van der Waals surface area (Å²) in [6.07, 6.45) is 11.3. The Morgan fingerprint density at radius 3 is 2.67 bits per heavy atom. The maximum Gasteiger partial charge on any atom is 0.0543 e. The van der Waals surface area contributed by atoms with Gasteiger partial charge in [0.05, 0.1) is 6.10 Å². The highest BCUT2D eigenvalue weighted by molar-refractivity contribution is 4.81. The minimum absolute atomic E-state index is 0.0291. The van der Waals surface area contributed by atoms with Gasteiger partial charge < -0.3 is 10.4 Å². The standard InChI is InChI=1S/C16H31NO/c1-16(2)9-4-6-14(8-10-16)17-12-13-5-3-7-15(18)11-13/h13-15,17-18H,3-12H2,1-2H3. The third-order valence-electron chi connectivity index (χ3n) is 5.03. The second-order valence-corrected chi connectivity index (χ2v) is 7.39. The molecule has 0 aliphatic heterocycles. The average molecular weight is 253 g/mol. The van der Waals surface area contributed by atoms with E-state index in [0.717, 1.165) is 25.4 Å². The smallest absolute Gasteiger partial charge is 0.0543 e. The van der Waals surface area contributed by atoms with Gasteiger partial charge in [-0.15, -0.1) is 0 Å². The molecule has 2 aliphatic carbocycles. The van der Waals surface area contributed by atoms with Gasteiger partial charge in [-0.2, -0.15) is 0 Å². The lowest BCUT2D eigenvalue weighted by Crippen LogP contribution is -2.35. The fourth-order valence-electron chi connectivity index (χ4n) is 3.65. The molecule has 2 aliphatic rings. The van der Waals surface area contributed by atoms with Gasteiger partial charge in [0.25, 0.3) is 0 Å². The lowest BCUT2D eigenvalue weighted by molar-refractivity contribution is 0.0993. The average Bonchev–Trinajstić information content (AvgIpc) is 2.48. The van der Waals surface area contributed by atoms with Crippen molar-refractivity contribution >= 4 is 0 Å². The maximum absolute atomic E-state index is 9.70. The van der Waals surface area contributed by atoms with Crippen LogP contribution in [0.5, 0.6) is 0 Å². The number of nitrogens with one attached hydrogen (secondary N) is 1.